The number of amides is 2. The van der Waals surface area contributed by atoms with Crippen LogP contribution in [-0.4, -0.2) is 30.3 Å². The fourth-order valence-electron chi connectivity index (χ4n) is 1.71. The number of carbonyl (C=O) groups is 2. The summed E-state index contributed by atoms with van der Waals surface area (Å²) in [6, 6.07) is 6.30. The van der Waals surface area contributed by atoms with Gasteiger partial charge in [0, 0.05) is 12.2 Å². The number of hydrogen-bond donors (Lipinski definition) is 3. The molecule has 1 aromatic rings. The Balaban J connectivity index is 2.27. The molecule has 0 heterocycles. The Morgan fingerprint density at radius 2 is 1.86 bits per heavy atom. The Kier molecular flexibility index (Phi) is 7.71. The van der Waals surface area contributed by atoms with Gasteiger partial charge in [-0.05, 0) is 30.7 Å². The van der Waals surface area contributed by atoms with Crippen molar-refractivity contribution < 1.29 is 19.4 Å². The van der Waals surface area contributed by atoms with E-state index < -0.39 is 5.97 Å². The predicted octanol–water partition coefficient (Wildman–Crippen LogP) is 2.85. The first kappa shape index (κ1) is 16.8. The van der Waals surface area contributed by atoms with Crippen LogP contribution >= 0.6 is 0 Å². The van der Waals surface area contributed by atoms with Gasteiger partial charge in [-0.2, -0.15) is 0 Å². The molecular formula is C15H22N2O4. The third-order valence-electron chi connectivity index (χ3n) is 2.79. The predicted molar refractivity (Wildman–Crippen MR) is 80.7 cm³/mol. The molecule has 0 unspecified atom stereocenters. The van der Waals surface area contributed by atoms with Crippen molar-refractivity contribution in [2.75, 3.05) is 18.5 Å². The molecule has 0 aliphatic rings. The van der Waals surface area contributed by atoms with Crippen LogP contribution in [0.5, 0.6) is 5.75 Å². The average molecular weight is 294 g/mol. The van der Waals surface area contributed by atoms with Crippen molar-refractivity contribution in [2.24, 2.45) is 0 Å². The highest BCUT2D eigenvalue weighted by atomic mass is 16.5. The van der Waals surface area contributed by atoms with Gasteiger partial charge in [0.15, 0.2) is 6.61 Å². The summed E-state index contributed by atoms with van der Waals surface area (Å²) in [7, 11) is 0. The Morgan fingerprint density at radius 3 is 2.48 bits per heavy atom. The van der Waals surface area contributed by atoms with Crippen molar-refractivity contribution in [3.8, 4) is 5.75 Å². The monoisotopic (exact) mass is 294 g/mol. The third kappa shape index (κ3) is 7.81. The standard InChI is InChI=1S/C15H22N2O4/c1-2-3-4-5-10-16-15(20)17-12-6-8-13(9-7-12)21-11-14(18)19/h6-9H,2-5,10-11H2,1H3,(H,18,19)(H2,16,17,20). The summed E-state index contributed by atoms with van der Waals surface area (Å²) >= 11 is 0. The highest BCUT2D eigenvalue weighted by molar-refractivity contribution is 5.89. The summed E-state index contributed by atoms with van der Waals surface area (Å²) in [5.74, 6) is -0.581. The van der Waals surface area contributed by atoms with E-state index in [1.807, 2.05) is 0 Å². The lowest BCUT2D eigenvalue weighted by Crippen LogP contribution is -2.29. The van der Waals surface area contributed by atoms with E-state index in [9.17, 15) is 9.59 Å². The second-order valence-electron chi connectivity index (χ2n) is 4.65. The second-order valence-corrected chi connectivity index (χ2v) is 4.65. The zero-order valence-corrected chi connectivity index (χ0v) is 12.2. The largest absolute Gasteiger partial charge is 0.482 e. The van der Waals surface area contributed by atoms with Crippen molar-refractivity contribution in [1.82, 2.24) is 5.32 Å². The van der Waals surface area contributed by atoms with Gasteiger partial charge in [0.2, 0.25) is 0 Å². The van der Waals surface area contributed by atoms with Gasteiger partial charge in [0.1, 0.15) is 5.75 Å². The van der Waals surface area contributed by atoms with E-state index in [0.717, 1.165) is 12.8 Å². The molecule has 2 amide bonds. The molecular weight excluding hydrogens is 272 g/mol. The van der Waals surface area contributed by atoms with Crippen molar-refractivity contribution in [2.45, 2.75) is 32.6 Å². The minimum Gasteiger partial charge on any atom is -0.482 e. The van der Waals surface area contributed by atoms with E-state index in [2.05, 4.69) is 17.6 Å². The summed E-state index contributed by atoms with van der Waals surface area (Å²) in [6.45, 7) is 2.42. The summed E-state index contributed by atoms with van der Waals surface area (Å²) in [5, 5.41) is 14.0. The first-order valence-corrected chi connectivity index (χ1v) is 7.11. The molecule has 0 fully saturated rings. The molecule has 1 aromatic carbocycles. The van der Waals surface area contributed by atoms with Crippen LogP contribution in [0.1, 0.15) is 32.6 Å². The molecule has 0 bridgehead atoms. The van der Waals surface area contributed by atoms with Crippen molar-refractivity contribution in [1.29, 1.82) is 0 Å². The number of nitrogens with one attached hydrogen (secondary N) is 2. The maximum Gasteiger partial charge on any atom is 0.341 e. The lowest BCUT2D eigenvalue weighted by Gasteiger charge is -2.08. The topological polar surface area (TPSA) is 87.7 Å². The van der Waals surface area contributed by atoms with Crippen LogP contribution in [0.25, 0.3) is 0 Å². The molecule has 6 nitrogen and oxygen atoms in total. The smallest absolute Gasteiger partial charge is 0.341 e. The number of urea groups is 1. The van der Waals surface area contributed by atoms with Crippen LogP contribution in [0.2, 0.25) is 0 Å². The molecule has 0 aromatic heterocycles. The number of carbonyl (C=O) groups excluding carboxylic acids is 1. The number of rotatable bonds is 9. The van der Waals surface area contributed by atoms with Gasteiger partial charge in [-0.3, -0.25) is 0 Å². The van der Waals surface area contributed by atoms with Gasteiger partial charge in [-0.25, -0.2) is 9.59 Å². The van der Waals surface area contributed by atoms with Gasteiger partial charge in [0.25, 0.3) is 0 Å². The molecule has 0 radical (unpaired) electrons. The van der Waals surface area contributed by atoms with Gasteiger partial charge in [-0.15, -0.1) is 0 Å². The Morgan fingerprint density at radius 1 is 1.14 bits per heavy atom. The minimum atomic E-state index is -1.03. The quantitative estimate of drug-likeness (QED) is 0.611. The molecule has 0 saturated carbocycles. The van der Waals surface area contributed by atoms with Crippen LogP contribution < -0.4 is 15.4 Å². The minimum absolute atomic E-state index is 0.245. The maximum atomic E-state index is 11.6. The highest BCUT2D eigenvalue weighted by Gasteiger charge is 2.02. The second kappa shape index (κ2) is 9.63. The van der Waals surface area contributed by atoms with Crippen LogP contribution in [0, 0.1) is 0 Å². The van der Waals surface area contributed by atoms with Crippen molar-refractivity contribution in [3.05, 3.63) is 24.3 Å². The first-order chi connectivity index (χ1) is 10.1. The normalized spacial score (nSPS) is 9.95. The van der Waals surface area contributed by atoms with Crippen LogP contribution in [0.4, 0.5) is 10.5 Å². The van der Waals surface area contributed by atoms with Crippen molar-refractivity contribution >= 4 is 17.7 Å². The molecule has 0 aliphatic carbocycles. The summed E-state index contributed by atoms with van der Waals surface area (Å²) in [5.41, 5.74) is 0.628. The Bertz CT molecular complexity index is 445. The number of hydrogen-bond acceptors (Lipinski definition) is 3. The summed E-state index contributed by atoms with van der Waals surface area (Å²) in [4.78, 5) is 22.0. The molecule has 6 heteroatoms. The average Bonchev–Trinajstić information content (AvgIpc) is 2.46. The number of carboxylic acids is 1. The lowest BCUT2D eigenvalue weighted by molar-refractivity contribution is -0.139. The zero-order chi connectivity index (χ0) is 15.5. The van der Waals surface area contributed by atoms with E-state index in [1.54, 1.807) is 24.3 Å². The van der Waals surface area contributed by atoms with Gasteiger partial charge in [0.05, 0.1) is 0 Å². The number of unbranched alkanes of at least 4 members (excludes halogenated alkanes) is 3. The molecule has 0 spiro atoms. The third-order valence-corrected chi connectivity index (χ3v) is 2.79. The zero-order valence-electron chi connectivity index (χ0n) is 12.2. The Hall–Kier alpha value is -2.24. The summed E-state index contributed by atoms with van der Waals surface area (Å²) < 4.78 is 5.00. The van der Waals surface area contributed by atoms with Gasteiger partial charge < -0.3 is 20.5 Å². The van der Waals surface area contributed by atoms with Crippen LogP contribution in [-0.2, 0) is 4.79 Å². The number of ether oxygens (including phenoxy) is 1. The first-order valence-electron chi connectivity index (χ1n) is 7.11. The maximum absolute atomic E-state index is 11.6. The SMILES string of the molecule is CCCCCCNC(=O)Nc1ccc(OCC(=O)O)cc1. The van der Waals surface area contributed by atoms with Gasteiger partial charge >= 0.3 is 12.0 Å². The summed E-state index contributed by atoms with van der Waals surface area (Å²) in [6.07, 6.45) is 4.44. The number of anilines is 1. The number of carboxylic acid groups (broad SMARTS) is 1. The number of aliphatic carboxylic acids is 1. The van der Waals surface area contributed by atoms with E-state index in [0.29, 0.717) is 18.0 Å². The number of benzene rings is 1. The van der Waals surface area contributed by atoms with Crippen molar-refractivity contribution in [3.63, 3.8) is 0 Å². The highest BCUT2D eigenvalue weighted by Crippen LogP contribution is 2.15. The van der Waals surface area contributed by atoms with Crippen LogP contribution in [0.3, 0.4) is 0 Å². The van der Waals surface area contributed by atoms with E-state index in [4.69, 9.17) is 9.84 Å². The van der Waals surface area contributed by atoms with E-state index in [-0.39, 0.29) is 12.6 Å². The molecule has 0 saturated heterocycles. The fourth-order valence-corrected chi connectivity index (χ4v) is 1.71. The van der Waals surface area contributed by atoms with E-state index >= 15 is 0 Å². The molecule has 1 rings (SSSR count). The Labute approximate surface area is 124 Å². The van der Waals surface area contributed by atoms with Crippen LogP contribution in [0.15, 0.2) is 24.3 Å². The van der Waals surface area contributed by atoms with E-state index in [1.165, 1.54) is 12.8 Å². The molecule has 3 N–H and O–H groups in total. The van der Waals surface area contributed by atoms with Gasteiger partial charge in [-0.1, -0.05) is 26.2 Å². The molecule has 21 heavy (non-hydrogen) atoms. The molecule has 116 valence electrons. The molecule has 0 atom stereocenters. The lowest BCUT2D eigenvalue weighted by atomic mass is 10.2. The molecule has 0 aliphatic heterocycles. The fraction of sp³-hybridized carbons (Fsp3) is 0.467.